The first kappa shape index (κ1) is 23.4. The lowest BCUT2D eigenvalue weighted by Crippen LogP contribution is -2.37. The van der Waals surface area contributed by atoms with Crippen LogP contribution in [-0.2, 0) is 11.3 Å². The SMILES string of the molecule is O=C(Nc1ccncc1)Nc1ccc(-c2nc(N3CCOCC3)c3nnn(CC(F)(F)F)c3n2)cc1. The number of halogens is 3. The molecule has 5 rings (SSSR count). The summed E-state index contributed by atoms with van der Waals surface area (Å²) in [4.78, 5) is 27.0. The van der Waals surface area contributed by atoms with E-state index in [1.165, 1.54) is 0 Å². The van der Waals surface area contributed by atoms with Gasteiger partial charge in [0.05, 0.1) is 13.2 Å². The molecule has 0 unspecified atom stereocenters. The number of rotatable bonds is 5. The maximum atomic E-state index is 13.1. The molecule has 4 heterocycles. The van der Waals surface area contributed by atoms with Crippen molar-refractivity contribution in [3.63, 3.8) is 0 Å². The third kappa shape index (κ3) is 5.33. The van der Waals surface area contributed by atoms with Gasteiger partial charge in [0, 0.05) is 42.4 Å². The predicted octanol–water partition coefficient (Wildman–Crippen LogP) is 3.33. The fourth-order valence-corrected chi connectivity index (χ4v) is 3.67. The Bertz CT molecular complexity index is 1360. The topological polar surface area (TPSA) is 123 Å². The molecule has 186 valence electrons. The van der Waals surface area contributed by atoms with Gasteiger partial charge in [-0.05, 0) is 36.4 Å². The Labute approximate surface area is 202 Å². The van der Waals surface area contributed by atoms with Gasteiger partial charge in [-0.1, -0.05) is 5.21 Å². The van der Waals surface area contributed by atoms with Crippen molar-refractivity contribution in [2.45, 2.75) is 12.7 Å². The maximum Gasteiger partial charge on any atom is 0.408 e. The van der Waals surface area contributed by atoms with Crippen LogP contribution in [0.4, 0.5) is 35.2 Å². The molecule has 1 aliphatic rings. The smallest absolute Gasteiger partial charge is 0.378 e. The van der Waals surface area contributed by atoms with E-state index in [0.29, 0.717) is 49.1 Å². The number of carbonyl (C=O) groups is 1. The number of amides is 2. The van der Waals surface area contributed by atoms with Crippen LogP contribution in [-0.4, -0.2) is 68.5 Å². The van der Waals surface area contributed by atoms with Crippen LogP contribution in [0.3, 0.4) is 0 Å². The lowest BCUT2D eigenvalue weighted by Gasteiger charge is -2.28. The van der Waals surface area contributed by atoms with Crippen LogP contribution in [0.2, 0.25) is 0 Å². The monoisotopic (exact) mass is 499 g/mol. The number of morpholine rings is 1. The molecule has 11 nitrogen and oxygen atoms in total. The molecule has 1 fully saturated rings. The Kier molecular flexibility index (Phi) is 6.33. The summed E-state index contributed by atoms with van der Waals surface area (Å²) in [7, 11) is 0. The van der Waals surface area contributed by atoms with Crippen LogP contribution in [0, 0.1) is 0 Å². The zero-order valence-corrected chi connectivity index (χ0v) is 18.7. The van der Waals surface area contributed by atoms with Crippen molar-refractivity contribution < 1.29 is 22.7 Å². The van der Waals surface area contributed by atoms with E-state index < -0.39 is 18.8 Å². The average molecular weight is 499 g/mol. The molecule has 0 saturated carbocycles. The number of alkyl halides is 3. The first-order valence-corrected chi connectivity index (χ1v) is 10.9. The van der Waals surface area contributed by atoms with Gasteiger partial charge < -0.3 is 20.3 Å². The van der Waals surface area contributed by atoms with E-state index in [-0.39, 0.29) is 17.0 Å². The number of nitrogens with zero attached hydrogens (tertiary/aromatic N) is 7. The third-order valence-corrected chi connectivity index (χ3v) is 5.32. The minimum atomic E-state index is -4.49. The zero-order valence-electron chi connectivity index (χ0n) is 18.7. The molecule has 3 aromatic heterocycles. The highest BCUT2D eigenvalue weighted by Crippen LogP contribution is 2.29. The van der Waals surface area contributed by atoms with E-state index in [1.807, 2.05) is 4.90 Å². The van der Waals surface area contributed by atoms with Crippen LogP contribution in [0.25, 0.3) is 22.6 Å². The van der Waals surface area contributed by atoms with Crippen LogP contribution in [0.1, 0.15) is 0 Å². The summed E-state index contributed by atoms with van der Waals surface area (Å²) in [6.45, 7) is 0.608. The van der Waals surface area contributed by atoms with Gasteiger partial charge in [-0.2, -0.15) is 13.2 Å². The molecular weight excluding hydrogens is 479 g/mol. The number of ether oxygens (including phenoxy) is 1. The Hall–Kier alpha value is -4.33. The number of urea groups is 1. The summed E-state index contributed by atoms with van der Waals surface area (Å²) in [5.74, 6) is 0.605. The molecule has 0 aliphatic carbocycles. The molecule has 1 saturated heterocycles. The second kappa shape index (κ2) is 9.73. The van der Waals surface area contributed by atoms with Crippen LogP contribution in [0.5, 0.6) is 0 Å². The first-order chi connectivity index (χ1) is 17.4. The minimum absolute atomic E-state index is 0.0160. The van der Waals surface area contributed by atoms with Crippen LogP contribution in [0.15, 0.2) is 48.8 Å². The van der Waals surface area contributed by atoms with Crippen molar-refractivity contribution >= 4 is 34.4 Å². The average Bonchev–Trinajstić information content (AvgIpc) is 3.26. The highest BCUT2D eigenvalue weighted by Gasteiger charge is 2.31. The van der Waals surface area contributed by atoms with Crippen molar-refractivity contribution in [1.29, 1.82) is 0 Å². The summed E-state index contributed by atoms with van der Waals surface area (Å²) in [6.07, 6.45) is -1.37. The number of anilines is 3. The molecule has 0 bridgehead atoms. The van der Waals surface area contributed by atoms with Crippen molar-refractivity contribution in [3.05, 3.63) is 48.8 Å². The second-order valence-electron chi connectivity index (χ2n) is 7.90. The van der Waals surface area contributed by atoms with Crippen molar-refractivity contribution in [1.82, 2.24) is 29.9 Å². The summed E-state index contributed by atoms with van der Waals surface area (Å²) in [5.41, 5.74) is 1.81. The fraction of sp³-hybridized carbons (Fsp3) is 0.273. The third-order valence-electron chi connectivity index (χ3n) is 5.32. The highest BCUT2D eigenvalue weighted by molar-refractivity contribution is 5.99. The summed E-state index contributed by atoms with van der Waals surface area (Å²) < 4.78 is 45.4. The van der Waals surface area contributed by atoms with Crippen molar-refractivity contribution in [3.8, 4) is 11.4 Å². The van der Waals surface area contributed by atoms with Gasteiger partial charge in [0.25, 0.3) is 0 Å². The predicted molar refractivity (Wildman–Crippen MR) is 125 cm³/mol. The van der Waals surface area contributed by atoms with Gasteiger partial charge in [-0.15, -0.1) is 5.10 Å². The Balaban J connectivity index is 1.43. The molecule has 14 heteroatoms. The highest BCUT2D eigenvalue weighted by atomic mass is 19.4. The molecule has 36 heavy (non-hydrogen) atoms. The maximum absolute atomic E-state index is 13.1. The summed E-state index contributed by atoms with van der Waals surface area (Å²) >= 11 is 0. The van der Waals surface area contributed by atoms with Crippen molar-refractivity contribution in [2.75, 3.05) is 41.8 Å². The molecule has 2 N–H and O–H groups in total. The zero-order chi connectivity index (χ0) is 25.1. The first-order valence-electron chi connectivity index (χ1n) is 10.9. The quantitative estimate of drug-likeness (QED) is 0.429. The molecule has 4 aromatic rings. The van der Waals surface area contributed by atoms with E-state index in [0.717, 1.165) is 4.68 Å². The van der Waals surface area contributed by atoms with Crippen molar-refractivity contribution in [2.24, 2.45) is 0 Å². The normalized spacial score (nSPS) is 14.1. The van der Waals surface area contributed by atoms with Crippen LogP contribution < -0.4 is 15.5 Å². The lowest BCUT2D eigenvalue weighted by molar-refractivity contribution is -0.142. The number of nitrogens with one attached hydrogen (secondary N) is 2. The molecule has 0 radical (unpaired) electrons. The number of fused-ring (bicyclic) bond motifs is 1. The van der Waals surface area contributed by atoms with Crippen LogP contribution >= 0.6 is 0 Å². The van der Waals surface area contributed by atoms with E-state index in [9.17, 15) is 18.0 Å². The standard InChI is InChI=1S/C22H20F3N9O2/c23-22(24,25)13-34-20-17(31-32-34)19(33-9-11-36-12-10-33)29-18(30-20)14-1-3-15(4-2-14)27-21(35)28-16-5-7-26-8-6-16/h1-8H,9-13H2,(H2,26,27,28,35). The minimum Gasteiger partial charge on any atom is -0.378 e. The number of carbonyl (C=O) groups excluding carboxylic acids is 1. The second-order valence-corrected chi connectivity index (χ2v) is 7.90. The summed E-state index contributed by atoms with van der Waals surface area (Å²) in [6, 6.07) is 9.50. The van der Waals surface area contributed by atoms with E-state index >= 15 is 0 Å². The Morgan fingerprint density at radius 3 is 2.31 bits per heavy atom. The van der Waals surface area contributed by atoms with Gasteiger partial charge in [0.15, 0.2) is 22.8 Å². The number of aromatic nitrogens is 6. The molecule has 1 aliphatic heterocycles. The van der Waals surface area contributed by atoms with Gasteiger partial charge in [-0.3, -0.25) is 4.98 Å². The molecular formula is C22H20F3N9O2. The lowest BCUT2D eigenvalue weighted by atomic mass is 10.2. The fourth-order valence-electron chi connectivity index (χ4n) is 3.67. The largest absolute Gasteiger partial charge is 0.408 e. The Morgan fingerprint density at radius 1 is 0.972 bits per heavy atom. The number of hydrogen-bond donors (Lipinski definition) is 2. The van der Waals surface area contributed by atoms with E-state index in [2.05, 4.69) is 35.9 Å². The number of benzene rings is 1. The number of hydrogen-bond acceptors (Lipinski definition) is 8. The van der Waals surface area contributed by atoms with E-state index in [4.69, 9.17) is 4.74 Å². The summed E-state index contributed by atoms with van der Waals surface area (Å²) in [5, 5.41) is 13.0. The van der Waals surface area contributed by atoms with Gasteiger partial charge in [0.2, 0.25) is 0 Å². The molecule has 2 amide bonds. The number of pyridine rings is 1. The molecule has 0 atom stereocenters. The van der Waals surface area contributed by atoms with Gasteiger partial charge >= 0.3 is 12.2 Å². The molecule has 0 spiro atoms. The van der Waals surface area contributed by atoms with Gasteiger partial charge in [-0.25, -0.2) is 19.4 Å². The van der Waals surface area contributed by atoms with Gasteiger partial charge in [0.1, 0.15) is 6.54 Å². The molecule has 1 aromatic carbocycles. The Morgan fingerprint density at radius 2 is 1.64 bits per heavy atom. The van der Waals surface area contributed by atoms with E-state index in [1.54, 1.807) is 48.8 Å².